The molecule has 0 aliphatic carbocycles. The van der Waals surface area contributed by atoms with E-state index in [1.807, 2.05) is 24.3 Å². The molecule has 88 valence electrons. The van der Waals surface area contributed by atoms with Crippen molar-refractivity contribution in [2.45, 2.75) is 0 Å². The Hall–Kier alpha value is -1.62. The van der Waals surface area contributed by atoms with Crippen LogP contribution < -0.4 is 34.7 Å². The zero-order valence-electron chi connectivity index (χ0n) is 10.3. The largest absolute Gasteiger partial charge is 1.00 e. The number of furan rings is 1. The van der Waals surface area contributed by atoms with Gasteiger partial charge in [-0.3, -0.25) is 4.98 Å². The van der Waals surface area contributed by atoms with Crippen LogP contribution in [0, 0.1) is 0 Å². The molecule has 2 aromatic heterocycles. The standard InChI is InChI=1S/C14H9NO3.Na/c16-14(17)13-12-4-3-9(6-11(12)8-18-13)10-2-1-5-15-7-10;/h1-8H,(H,16,17);/q;+1/p-1. The molecule has 4 nitrogen and oxygen atoms in total. The van der Waals surface area contributed by atoms with Crippen LogP contribution in [0.2, 0.25) is 0 Å². The van der Waals surface area contributed by atoms with Gasteiger partial charge in [-0.05, 0) is 23.8 Å². The van der Waals surface area contributed by atoms with Gasteiger partial charge in [0.2, 0.25) is 0 Å². The predicted molar refractivity (Wildman–Crippen MR) is 63.8 cm³/mol. The molecule has 0 atom stereocenters. The molecule has 0 aliphatic rings. The molecule has 5 heteroatoms. The molecule has 0 saturated heterocycles. The number of fused-ring (bicyclic) bond motifs is 1. The molecule has 0 aliphatic heterocycles. The van der Waals surface area contributed by atoms with Gasteiger partial charge in [0.1, 0.15) is 5.97 Å². The van der Waals surface area contributed by atoms with E-state index in [1.54, 1.807) is 18.5 Å². The first-order valence-electron chi connectivity index (χ1n) is 5.39. The van der Waals surface area contributed by atoms with Crippen molar-refractivity contribution in [2.24, 2.45) is 0 Å². The summed E-state index contributed by atoms with van der Waals surface area (Å²) in [6.07, 6.45) is 4.87. The van der Waals surface area contributed by atoms with E-state index in [-0.39, 0.29) is 35.3 Å². The maximum atomic E-state index is 10.8. The Kier molecular flexibility index (Phi) is 4.04. The van der Waals surface area contributed by atoms with Gasteiger partial charge in [0.05, 0.1) is 6.26 Å². The van der Waals surface area contributed by atoms with Gasteiger partial charge >= 0.3 is 29.6 Å². The summed E-state index contributed by atoms with van der Waals surface area (Å²) in [6, 6.07) is 9.20. The maximum absolute atomic E-state index is 10.8. The average molecular weight is 261 g/mol. The van der Waals surface area contributed by atoms with Gasteiger partial charge in [-0.1, -0.05) is 12.1 Å². The fourth-order valence-electron chi connectivity index (χ4n) is 1.92. The van der Waals surface area contributed by atoms with Crippen LogP contribution in [0.15, 0.2) is 53.4 Å². The van der Waals surface area contributed by atoms with E-state index in [0.717, 1.165) is 16.5 Å². The minimum Gasteiger partial charge on any atom is -0.542 e. The van der Waals surface area contributed by atoms with Crippen LogP contribution >= 0.6 is 0 Å². The van der Waals surface area contributed by atoms with Gasteiger partial charge in [0.25, 0.3) is 0 Å². The zero-order chi connectivity index (χ0) is 12.5. The van der Waals surface area contributed by atoms with Gasteiger partial charge in [-0.15, -0.1) is 0 Å². The topological polar surface area (TPSA) is 66.2 Å². The van der Waals surface area contributed by atoms with Crippen LogP contribution in [0.4, 0.5) is 0 Å². The van der Waals surface area contributed by atoms with Gasteiger partial charge in [-0.25, -0.2) is 0 Å². The molecule has 0 saturated carbocycles. The Bertz CT molecular complexity index is 722. The number of carbonyl (C=O) groups excluding carboxylic acids is 1. The van der Waals surface area contributed by atoms with E-state index in [9.17, 15) is 9.90 Å². The second kappa shape index (κ2) is 5.57. The number of hydrogen-bond acceptors (Lipinski definition) is 4. The van der Waals surface area contributed by atoms with E-state index in [1.165, 1.54) is 6.26 Å². The summed E-state index contributed by atoms with van der Waals surface area (Å²) in [4.78, 5) is 14.9. The third kappa shape index (κ3) is 2.56. The second-order valence-corrected chi connectivity index (χ2v) is 3.90. The van der Waals surface area contributed by atoms with Crippen molar-refractivity contribution in [1.82, 2.24) is 4.98 Å². The first kappa shape index (κ1) is 13.8. The van der Waals surface area contributed by atoms with Crippen LogP contribution in [-0.4, -0.2) is 11.0 Å². The minimum atomic E-state index is -1.31. The Morgan fingerprint density at radius 1 is 1.21 bits per heavy atom. The maximum Gasteiger partial charge on any atom is 1.00 e. The number of carbonyl (C=O) groups is 1. The summed E-state index contributed by atoms with van der Waals surface area (Å²) in [5.41, 5.74) is 1.93. The van der Waals surface area contributed by atoms with Crippen molar-refractivity contribution in [1.29, 1.82) is 0 Å². The number of hydrogen-bond donors (Lipinski definition) is 0. The number of aromatic carboxylic acids is 1. The Morgan fingerprint density at radius 2 is 2.05 bits per heavy atom. The molecule has 0 bridgehead atoms. The third-order valence-electron chi connectivity index (χ3n) is 2.78. The Labute approximate surface area is 131 Å². The Morgan fingerprint density at radius 3 is 2.74 bits per heavy atom. The molecule has 0 fully saturated rings. The Balaban J connectivity index is 0.00000133. The number of pyridine rings is 1. The molecule has 0 unspecified atom stereocenters. The van der Waals surface area contributed by atoms with Gasteiger partial charge in [0, 0.05) is 28.7 Å². The van der Waals surface area contributed by atoms with Crippen molar-refractivity contribution >= 4 is 16.7 Å². The summed E-state index contributed by atoms with van der Waals surface area (Å²) in [5, 5.41) is 12.1. The van der Waals surface area contributed by atoms with E-state index >= 15 is 0 Å². The smallest absolute Gasteiger partial charge is 0.542 e. The average Bonchev–Trinajstić information content (AvgIpc) is 2.82. The quantitative estimate of drug-likeness (QED) is 0.547. The van der Waals surface area contributed by atoms with Crippen molar-refractivity contribution in [3.05, 3.63) is 54.7 Å². The summed E-state index contributed by atoms with van der Waals surface area (Å²) in [7, 11) is 0. The molecule has 1 aromatic carbocycles. The molecule has 19 heavy (non-hydrogen) atoms. The third-order valence-corrected chi connectivity index (χ3v) is 2.78. The van der Waals surface area contributed by atoms with Gasteiger partial charge < -0.3 is 14.3 Å². The molecular weight excluding hydrogens is 253 g/mol. The number of benzene rings is 1. The molecule has 2 heterocycles. The number of carboxylic acid groups (broad SMARTS) is 1. The normalized spacial score (nSPS) is 10.1. The molecule has 0 spiro atoms. The van der Waals surface area contributed by atoms with Crippen molar-refractivity contribution in [3.63, 3.8) is 0 Å². The molecule has 0 amide bonds. The molecule has 3 rings (SSSR count). The van der Waals surface area contributed by atoms with Crippen molar-refractivity contribution in [3.8, 4) is 11.1 Å². The summed E-state index contributed by atoms with van der Waals surface area (Å²) >= 11 is 0. The van der Waals surface area contributed by atoms with Crippen LogP contribution in [-0.2, 0) is 0 Å². The van der Waals surface area contributed by atoms with E-state index < -0.39 is 5.97 Å². The van der Waals surface area contributed by atoms with Crippen LogP contribution in [0.25, 0.3) is 21.9 Å². The number of nitrogens with zero attached hydrogens (tertiary/aromatic N) is 1. The monoisotopic (exact) mass is 261 g/mol. The molecule has 3 aromatic rings. The second-order valence-electron chi connectivity index (χ2n) is 3.90. The van der Waals surface area contributed by atoms with E-state index in [2.05, 4.69) is 4.98 Å². The van der Waals surface area contributed by atoms with Gasteiger partial charge in [-0.2, -0.15) is 0 Å². The summed E-state index contributed by atoms with van der Waals surface area (Å²) in [5.74, 6) is -1.44. The van der Waals surface area contributed by atoms with E-state index in [4.69, 9.17) is 4.42 Å². The molecule has 0 radical (unpaired) electrons. The van der Waals surface area contributed by atoms with Crippen molar-refractivity contribution in [2.75, 3.05) is 0 Å². The first-order chi connectivity index (χ1) is 8.75. The van der Waals surface area contributed by atoms with Crippen LogP contribution in [0.5, 0.6) is 0 Å². The summed E-state index contributed by atoms with van der Waals surface area (Å²) < 4.78 is 4.99. The van der Waals surface area contributed by atoms with E-state index in [0.29, 0.717) is 5.39 Å². The van der Waals surface area contributed by atoms with Crippen LogP contribution in [0.3, 0.4) is 0 Å². The first-order valence-corrected chi connectivity index (χ1v) is 5.39. The zero-order valence-corrected chi connectivity index (χ0v) is 12.3. The number of aromatic nitrogens is 1. The van der Waals surface area contributed by atoms with Gasteiger partial charge in [0.15, 0.2) is 5.76 Å². The van der Waals surface area contributed by atoms with Crippen molar-refractivity contribution < 1.29 is 43.9 Å². The summed E-state index contributed by atoms with van der Waals surface area (Å²) in [6.45, 7) is 0. The number of carboxylic acids is 1. The van der Waals surface area contributed by atoms with Crippen LogP contribution in [0.1, 0.15) is 10.6 Å². The SMILES string of the molecule is O=C([O-])c1occ2cc(-c3cccnc3)ccc12.[Na+]. The molecular formula is C14H8NNaO3. The predicted octanol–water partition coefficient (Wildman–Crippen LogP) is -1.14. The molecule has 0 N–H and O–H groups in total. The number of rotatable bonds is 2. The minimum absolute atomic E-state index is 0. The fraction of sp³-hybridized carbons (Fsp3) is 0. The fourth-order valence-corrected chi connectivity index (χ4v) is 1.92.